The molecule has 0 aliphatic carbocycles. The smallest absolute Gasteiger partial charge is 0.254 e. The Kier molecular flexibility index (Phi) is 5.10. The minimum absolute atomic E-state index is 0.230. The number of hydrogen-bond donors (Lipinski definition) is 2. The lowest BCUT2D eigenvalue weighted by atomic mass is 10.0. The molecule has 2 N–H and O–H groups in total. The monoisotopic (exact) mass is 402 g/mol. The summed E-state index contributed by atoms with van der Waals surface area (Å²) in [4.78, 5) is 39.3. The van der Waals surface area contributed by atoms with E-state index in [4.69, 9.17) is 0 Å². The second-order valence-electron chi connectivity index (χ2n) is 7.28. The van der Waals surface area contributed by atoms with Crippen molar-refractivity contribution < 1.29 is 14.7 Å². The van der Waals surface area contributed by atoms with E-state index in [1.165, 1.54) is 5.01 Å². The van der Waals surface area contributed by atoms with Crippen LogP contribution in [0.4, 0.5) is 0 Å². The molecule has 0 fully saturated rings. The van der Waals surface area contributed by atoms with E-state index >= 15 is 0 Å². The number of rotatable bonds is 5. The first-order valence-electron chi connectivity index (χ1n) is 9.62. The van der Waals surface area contributed by atoms with Crippen LogP contribution in [0.3, 0.4) is 0 Å². The molecule has 0 bridgehead atoms. The molecule has 0 unspecified atom stereocenters. The second-order valence-corrected chi connectivity index (χ2v) is 7.28. The van der Waals surface area contributed by atoms with Gasteiger partial charge in [0.25, 0.3) is 5.56 Å². The number of pyridine rings is 1. The summed E-state index contributed by atoms with van der Waals surface area (Å²) >= 11 is 0. The Hall–Kier alpha value is -3.87. The van der Waals surface area contributed by atoms with Crippen LogP contribution in [0, 0.1) is 6.92 Å². The van der Waals surface area contributed by atoms with E-state index in [-0.39, 0.29) is 12.0 Å². The number of benzene rings is 2. The fourth-order valence-electron chi connectivity index (χ4n) is 3.57. The van der Waals surface area contributed by atoms with Gasteiger partial charge in [0.2, 0.25) is 5.91 Å². The highest BCUT2D eigenvalue weighted by Crippen LogP contribution is 2.31. The zero-order chi connectivity index (χ0) is 21.3. The predicted octanol–water partition coefficient (Wildman–Crippen LogP) is 1.80. The summed E-state index contributed by atoms with van der Waals surface area (Å²) in [7, 11) is 0. The molecule has 7 nitrogen and oxygen atoms in total. The molecule has 7 heteroatoms. The third-order valence-electron chi connectivity index (χ3n) is 5.09. The zero-order valence-electron chi connectivity index (χ0n) is 16.3. The fraction of sp³-hybridized carbons (Fsp3) is 0.174. The van der Waals surface area contributed by atoms with Crippen molar-refractivity contribution in [2.24, 2.45) is 0 Å². The highest BCUT2D eigenvalue weighted by atomic mass is 16.4. The Bertz CT molecular complexity index is 1210. The third-order valence-corrected chi connectivity index (χ3v) is 5.09. The number of H-pyrrole nitrogens is 1. The summed E-state index contributed by atoms with van der Waals surface area (Å²) in [6.45, 7) is 1.94. The number of nitrogens with zero attached hydrogens (tertiary/aromatic N) is 1. The molecule has 1 aliphatic rings. The first-order chi connectivity index (χ1) is 14.4. The maximum absolute atomic E-state index is 12.9. The Labute approximate surface area is 172 Å². The van der Waals surface area contributed by atoms with Gasteiger partial charge in [-0.05, 0) is 48.1 Å². The number of carboxylic acids is 1. The second kappa shape index (κ2) is 7.87. The van der Waals surface area contributed by atoms with Crippen molar-refractivity contribution in [1.82, 2.24) is 15.4 Å². The number of nitrogens with one attached hydrogen (secondary N) is 2. The largest absolute Gasteiger partial charge is 0.550 e. The van der Waals surface area contributed by atoms with Gasteiger partial charge in [0.05, 0.1) is 5.70 Å². The lowest BCUT2D eigenvalue weighted by Gasteiger charge is -2.25. The van der Waals surface area contributed by atoms with Gasteiger partial charge in [0.15, 0.2) is 0 Å². The number of fused-ring (bicyclic) bond motifs is 1. The van der Waals surface area contributed by atoms with Crippen LogP contribution in [0.2, 0.25) is 0 Å². The van der Waals surface area contributed by atoms with E-state index in [9.17, 15) is 19.5 Å². The first kappa shape index (κ1) is 19.4. The number of aromatic nitrogens is 1. The average molecular weight is 402 g/mol. The van der Waals surface area contributed by atoms with Gasteiger partial charge in [-0.25, -0.2) is 5.01 Å². The molecule has 0 spiro atoms. The number of carbonyl (C=O) groups excluding carboxylic acids is 2. The van der Waals surface area contributed by atoms with E-state index < -0.39 is 24.3 Å². The van der Waals surface area contributed by atoms with Crippen LogP contribution >= 0.6 is 0 Å². The van der Waals surface area contributed by atoms with Gasteiger partial charge in [-0.3, -0.25) is 15.0 Å². The number of aromatic amines is 1. The van der Waals surface area contributed by atoms with Crippen molar-refractivity contribution in [3.8, 4) is 0 Å². The van der Waals surface area contributed by atoms with Crippen LogP contribution in [0.15, 0.2) is 65.5 Å². The summed E-state index contributed by atoms with van der Waals surface area (Å²) in [5.41, 5.74) is 6.41. The molecular formula is C23H20N3O4-. The van der Waals surface area contributed by atoms with Crippen LogP contribution in [-0.2, 0) is 9.59 Å². The molecule has 2 aromatic carbocycles. The molecule has 2 heterocycles. The number of aliphatic carboxylic acids is 1. The highest BCUT2D eigenvalue weighted by Gasteiger charge is 2.32. The normalized spacial score (nSPS) is 15.7. The molecule has 152 valence electrons. The molecule has 1 atom stereocenters. The Morgan fingerprint density at radius 2 is 1.83 bits per heavy atom. The minimum atomic E-state index is -1.30. The molecule has 1 aromatic heterocycles. The first-order valence-corrected chi connectivity index (χ1v) is 9.62. The number of amides is 1. The highest BCUT2D eigenvalue weighted by molar-refractivity contribution is 5.84. The van der Waals surface area contributed by atoms with E-state index in [0.29, 0.717) is 11.3 Å². The van der Waals surface area contributed by atoms with Gasteiger partial charge in [0, 0.05) is 23.5 Å². The molecule has 30 heavy (non-hydrogen) atoms. The molecule has 4 rings (SSSR count). The van der Waals surface area contributed by atoms with E-state index in [1.54, 1.807) is 12.1 Å². The van der Waals surface area contributed by atoms with Crippen LogP contribution in [0.1, 0.15) is 35.6 Å². The zero-order valence-corrected chi connectivity index (χ0v) is 16.3. The summed E-state index contributed by atoms with van der Waals surface area (Å²) in [6, 6.07) is 16.2. The molecule has 0 saturated heterocycles. The van der Waals surface area contributed by atoms with Gasteiger partial charge >= 0.3 is 0 Å². The quantitative estimate of drug-likeness (QED) is 0.677. The molecule has 0 saturated carbocycles. The van der Waals surface area contributed by atoms with Crippen LogP contribution < -0.4 is 16.1 Å². The number of carboxylic acid groups (broad SMARTS) is 1. The summed E-state index contributed by atoms with van der Waals surface area (Å²) in [5.74, 6) is -1.73. The van der Waals surface area contributed by atoms with E-state index in [2.05, 4.69) is 10.4 Å². The van der Waals surface area contributed by atoms with Crippen LogP contribution in [0.25, 0.3) is 16.6 Å². The average Bonchev–Trinajstić information content (AvgIpc) is 3.17. The van der Waals surface area contributed by atoms with Gasteiger partial charge in [-0.15, -0.1) is 0 Å². The van der Waals surface area contributed by atoms with Crippen molar-refractivity contribution in [3.63, 3.8) is 0 Å². The topological polar surface area (TPSA) is 105 Å². The summed E-state index contributed by atoms with van der Waals surface area (Å²) < 4.78 is 0. The van der Waals surface area contributed by atoms with Crippen molar-refractivity contribution in [2.75, 3.05) is 0 Å². The lowest BCUT2D eigenvalue weighted by molar-refractivity contribution is -0.305. The number of hydrogen-bond acceptors (Lipinski definition) is 5. The number of aryl methyl sites for hydroxylation is 1. The molecular weight excluding hydrogens is 382 g/mol. The van der Waals surface area contributed by atoms with Crippen LogP contribution in [-0.4, -0.2) is 21.9 Å². The van der Waals surface area contributed by atoms with Gasteiger partial charge in [-0.2, -0.15) is 0 Å². The fourth-order valence-corrected chi connectivity index (χ4v) is 3.57. The van der Waals surface area contributed by atoms with Gasteiger partial charge < -0.3 is 14.9 Å². The molecule has 1 aliphatic heterocycles. The maximum Gasteiger partial charge on any atom is 0.254 e. The number of carbonyl (C=O) groups is 2. The van der Waals surface area contributed by atoms with Crippen LogP contribution in [0.5, 0.6) is 0 Å². The minimum Gasteiger partial charge on any atom is -0.550 e. The van der Waals surface area contributed by atoms with Crippen molar-refractivity contribution >= 4 is 28.5 Å². The Morgan fingerprint density at radius 1 is 1.07 bits per heavy atom. The summed E-state index contributed by atoms with van der Waals surface area (Å²) in [5, 5.41) is 13.0. The predicted molar refractivity (Wildman–Crippen MR) is 111 cm³/mol. The van der Waals surface area contributed by atoms with Crippen molar-refractivity contribution in [1.29, 1.82) is 0 Å². The molecule has 0 radical (unpaired) electrons. The van der Waals surface area contributed by atoms with Gasteiger partial charge in [0.1, 0.15) is 6.04 Å². The summed E-state index contributed by atoms with van der Waals surface area (Å²) in [6.07, 6.45) is 1.18. The Morgan fingerprint density at radius 3 is 2.57 bits per heavy atom. The van der Waals surface area contributed by atoms with Crippen molar-refractivity contribution in [3.05, 3.63) is 87.7 Å². The lowest BCUT2D eigenvalue weighted by Crippen LogP contribution is -2.41. The van der Waals surface area contributed by atoms with Crippen molar-refractivity contribution in [2.45, 2.75) is 25.8 Å². The Balaban J connectivity index is 1.77. The maximum atomic E-state index is 12.9. The molecule has 1 amide bonds. The number of hydrazine groups is 1. The van der Waals surface area contributed by atoms with Gasteiger partial charge in [-0.1, -0.05) is 42.5 Å². The SMILES string of the molecule is Cc1ccc2cc([C@H]3C=C(c4ccccc4)NN3C(=O)CCC(=O)[O-])c(=O)[nH]c2c1. The third kappa shape index (κ3) is 3.82. The van der Waals surface area contributed by atoms with E-state index in [0.717, 1.165) is 22.0 Å². The van der Waals surface area contributed by atoms with E-state index in [1.807, 2.05) is 55.5 Å². The molecule has 3 aromatic rings. The standard InChI is InChI=1S/C23H21N3O4/c1-14-7-8-16-12-17(23(30)24-18(16)11-14)20-13-19(15-5-3-2-4-6-15)25-26(20)21(27)9-10-22(28)29/h2-8,11-13,20,25H,9-10H2,1H3,(H,24,30)(H,28,29)/p-1/t20-/m1/s1.